The molecule has 2 bridgehead atoms. The number of ether oxygens (including phenoxy) is 1. The number of aliphatic carboxylic acids is 1. The van der Waals surface area contributed by atoms with Crippen molar-refractivity contribution in [3.8, 4) is 0 Å². The molecule has 0 unspecified atom stereocenters. The largest absolute Gasteiger partial charge is 0.480 e. The van der Waals surface area contributed by atoms with E-state index in [1.54, 1.807) is 13.8 Å². The van der Waals surface area contributed by atoms with Gasteiger partial charge in [-0.05, 0) is 39.5 Å². The molecule has 10 heteroatoms. The number of carbonyl (C=O) groups excluding carboxylic acids is 2. The van der Waals surface area contributed by atoms with E-state index in [2.05, 4.69) is 10.1 Å². The fourth-order valence-electron chi connectivity index (χ4n) is 4.63. The van der Waals surface area contributed by atoms with Gasteiger partial charge in [-0.1, -0.05) is 0 Å². The van der Waals surface area contributed by atoms with Crippen LogP contribution in [0.2, 0.25) is 0 Å². The van der Waals surface area contributed by atoms with Gasteiger partial charge in [0.15, 0.2) is 0 Å². The number of nitrogens with one attached hydrogen (secondary N) is 1. The van der Waals surface area contributed by atoms with Crippen LogP contribution in [-0.4, -0.2) is 58.5 Å². The Balaban J connectivity index is 1.83. The quantitative estimate of drug-likeness (QED) is 0.204. The van der Waals surface area contributed by atoms with E-state index < -0.39 is 34.7 Å². The Morgan fingerprint density at radius 2 is 1.88 bits per heavy atom. The molecule has 4 N–H and O–H groups in total. The highest BCUT2D eigenvalue weighted by atomic mass is 16.5. The van der Waals surface area contributed by atoms with E-state index in [9.17, 15) is 19.5 Å². The number of amides is 2. The number of fused-ring (bicyclic) bond motifs is 5. The molecule has 3 heterocycles. The van der Waals surface area contributed by atoms with Gasteiger partial charge in [0, 0.05) is 6.54 Å². The van der Waals surface area contributed by atoms with Gasteiger partial charge >= 0.3 is 5.97 Å². The zero-order valence-electron chi connectivity index (χ0n) is 14.8. The molecule has 3 aliphatic heterocycles. The Morgan fingerprint density at radius 3 is 2.35 bits per heavy atom. The third-order valence-corrected chi connectivity index (χ3v) is 6.33. The zero-order valence-corrected chi connectivity index (χ0v) is 14.8. The molecule has 0 aliphatic carbocycles. The summed E-state index contributed by atoms with van der Waals surface area (Å²) in [5, 5.41) is 12.6. The molecule has 3 aliphatic rings. The van der Waals surface area contributed by atoms with E-state index in [-0.39, 0.29) is 31.1 Å². The highest BCUT2D eigenvalue weighted by Gasteiger charge is 2.77. The summed E-state index contributed by atoms with van der Waals surface area (Å²) in [6.07, 6.45) is 1.05. The molecule has 0 aromatic heterocycles. The molecule has 0 spiro atoms. The third kappa shape index (κ3) is 2.21. The second kappa shape index (κ2) is 6.11. The van der Waals surface area contributed by atoms with Gasteiger partial charge < -0.3 is 15.6 Å². The van der Waals surface area contributed by atoms with Crippen LogP contribution in [-0.2, 0) is 19.1 Å². The Kier molecular flexibility index (Phi) is 4.33. The summed E-state index contributed by atoms with van der Waals surface area (Å²) in [4.78, 5) is 42.8. The molecule has 0 saturated carbocycles. The lowest BCUT2D eigenvalue weighted by Crippen LogP contribution is -2.48. The Labute approximate surface area is 150 Å². The average molecular weight is 365 g/mol. The minimum atomic E-state index is -1.25. The molecule has 2 amide bonds. The highest BCUT2D eigenvalue weighted by Crippen LogP contribution is 2.64. The topological polar surface area (TPSA) is 158 Å². The zero-order chi connectivity index (χ0) is 19.3. The van der Waals surface area contributed by atoms with Gasteiger partial charge in [-0.2, -0.15) is 0 Å². The van der Waals surface area contributed by atoms with Crippen molar-refractivity contribution in [1.29, 1.82) is 5.53 Å². The second-order valence-corrected chi connectivity index (χ2v) is 7.42. The first kappa shape index (κ1) is 18.4. The van der Waals surface area contributed by atoms with Crippen molar-refractivity contribution in [1.82, 2.24) is 4.90 Å². The molecule has 142 valence electrons. The smallest absolute Gasteiger partial charge is 0.326 e. The Hall–Kier alpha value is -2.36. The minimum Gasteiger partial charge on any atom is -0.480 e. The number of carboxylic acids is 1. The van der Waals surface area contributed by atoms with Crippen LogP contribution < -0.4 is 5.73 Å². The van der Waals surface area contributed by atoms with Crippen LogP contribution in [0.4, 0.5) is 0 Å². The van der Waals surface area contributed by atoms with E-state index in [4.69, 9.17) is 16.0 Å². The Morgan fingerprint density at radius 1 is 1.35 bits per heavy atom. The van der Waals surface area contributed by atoms with E-state index in [0.29, 0.717) is 19.3 Å². The Bertz CT molecular complexity index is 675. The van der Waals surface area contributed by atoms with Crippen LogP contribution >= 0.6 is 0 Å². The number of likely N-dealkylation sites (tertiary alicyclic amines) is 1. The van der Waals surface area contributed by atoms with Crippen molar-refractivity contribution in [2.45, 2.75) is 57.8 Å². The number of hydrogen-bond donors (Lipinski definition) is 3. The molecule has 3 fully saturated rings. The molecule has 5 atom stereocenters. The monoisotopic (exact) mass is 365 g/mol. The fourth-order valence-corrected chi connectivity index (χ4v) is 4.63. The molecule has 3 saturated heterocycles. The number of imide groups is 1. The molecular weight excluding hydrogens is 342 g/mol. The van der Waals surface area contributed by atoms with Gasteiger partial charge in [-0.15, -0.1) is 5.11 Å². The van der Waals surface area contributed by atoms with E-state index >= 15 is 0 Å². The van der Waals surface area contributed by atoms with Crippen molar-refractivity contribution < 1.29 is 24.2 Å². The van der Waals surface area contributed by atoms with Crippen LogP contribution in [0.25, 0.3) is 0 Å². The normalized spacial score (nSPS) is 37.2. The lowest BCUT2D eigenvalue weighted by atomic mass is 9.59. The first-order valence-corrected chi connectivity index (χ1v) is 8.63. The molecule has 26 heavy (non-hydrogen) atoms. The molecule has 0 aromatic carbocycles. The van der Waals surface area contributed by atoms with Crippen LogP contribution in [0.1, 0.15) is 39.5 Å². The highest BCUT2D eigenvalue weighted by molar-refractivity contribution is 6.12. The maximum atomic E-state index is 13.1. The first-order valence-electron chi connectivity index (χ1n) is 8.63. The van der Waals surface area contributed by atoms with Crippen molar-refractivity contribution in [3.63, 3.8) is 0 Å². The number of rotatable bonds is 6. The summed E-state index contributed by atoms with van der Waals surface area (Å²) in [5.41, 5.74) is 9.97. The summed E-state index contributed by atoms with van der Waals surface area (Å²) >= 11 is 0. The van der Waals surface area contributed by atoms with Gasteiger partial charge in [0.25, 0.3) is 0 Å². The summed E-state index contributed by atoms with van der Waals surface area (Å²) in [5.74, 6) is -2.36. The summed E-state index contributed by atoms with van der Waals surface area (Å²) in [6.45, 7) is 3.60. The van der Waals surface area contributed by atoms with Crippen molar-refractivity contribution in [2.75, 3.05) is 6.54 Å². The van der Waals surface area contributed by atoms with Gasteiger partial charge in [0.05, 0.1) is 23.0 Å². The van der Waals surface area contributed by atoms with Crippen LogP contribution in [0.15, 0.2) is 10.1 Å². The number of nitrogens with two attached hydrogens (primary N) is 1. The molecule has 0 radical (unpaired) electrons. The summed E-state index contributed by atoms with van der Waals surface area (Å²) in [7, 11) is 0. The van der Waals surface area contributed by atoms with Crippen molar-refractivity contribution in [2.24, 2.45) is 26.7 Å². The maximum Gasteiger partial charge on any atom is 0.326 e. The fraction of sp³-hybridized carbons (Fsp3) is 0.750. The predicted octanol–water partition coefficient (Wildman–Crippen LogP) is 0.508. The maximum absolute atomic E-state index is 13.1. The molecule has 10 nitrogen and oxygen atoms in total. The summed E-state index contributed by atoms with van der Waals surface area (Å²) < 4.78 is 5.84. The van der Waals surface area contributed by atoms with E-state index in [1.807, 2.05) is 0 Å². The molecule has 0 aromatic rings. The number of guanidine groups is 1. The van der Waals surface area contributed by atoms with Gasteiger partial charge in [0.2, 0.25) is 17.8 Å². The minimum absolute atomic E-state index is 0.0595. The number of carbonyl (C=O) groups is 3. The lowest BCUT2D eigenvalue weighted by Gasteiger charge is -2.36. The van der Waals surface area contributed by atoms with E-state index in [1.165, 1.54) is 0 Å². The SMILES string of the molecule is C[C@@]12C(=O)N([C@H](CCCN=C(N)N=N)C(=O)O)C(=O)[C@@]1(C)[C@H]1CC[C@@H]2O1. The molecular formula is C16H23N5O5. The van der Waals surface area contributed by atoms with Crippen molar-refractivity contribution in [3.05, 3.63) is 0 Å². The second-order valence-electron chi connectivity index (χ2n) is 7.42. The average Bonchev–Trinajstić information content (AvgIpc) is 3.22. The van der Waals surface area contributed by atoms with Crippen LogP contribution in [0.3, 0.4) is 0 Å². The third-order valence-electron chi connectivity index (χ3n) is 6.33. The first-order chi connectivity index (χ1) is 12.2. The van der Waals surface area contributed by atoms with Gasteiger partial charge in [0.1, 0.15) is 6.04 Å². The number of aliphatic imine (C=N–C) groups is 1. The number of carboxylic acid groups (broad SMARTS) is 1. The summed E-state index contributed by atoms with van der Waals surface area (Å²) in [6, 6.07) is -1.25. The van der Waals surface area contributed by atoms with Gasteiger partial charge in [-0.25, -0.2) is 10.3 Å². The van der Waals surface area contributed by atoms with Crippen LogP contribution in [0, 0.1) is 16.4 Å². The number of nitrogens with zero attached hydrogens (tertiary/aromatic N) is 3. The van der Waals surface area contributed by atoms with Crippen LogP contribution in [0.5, 0.6) is 0 Å². The van der Waals surface area contributed by atoms with Crippen molar-refractivity contribution >= 4 is 23.7 Å². The lowest BCUT2D eigenvalue weighted by molar-refractivity contribution is -0.158. The predicted molar refractivity (Wildman–Crippen MR) is 88.3 cm³/mol. The standard InChI is InChI=1S/C16H23N5O5/c1-15-9-5-6-10(26-9)16(15,2)13(25)21(12(15)24)8(11(22)23)4-3-7-19-14(17)20-18/h8-10,18H,3-7H2,1-2H3,(H2,17,19)(H,22,23)/t8-,9-,10+,15-,16-/m1/s1. The molecule has 3 rings (SSSR count). The number of hydrogen-bond acceptors (Lipinski definition) is 6. The van der Waals surface area contributed by atoms with E-state index in [0.717, 1.165) is 4.90 Å². The van der Waals surface area contributed by atoms with Gasteiger partial charge in [-0.3, -0.25) is 19.5 Å².